The van der Waals surface area contributed by atoms with E-state index < -0.39 is 0 Å². The Morgan fingerprint density at radius 3 is 2.65 bits per heavy atom. The number of nitrogens with one attached hydrogen (secondary N) is 2. The Hall–Kier alpha value is -3.38. The molecule has 0 radical (unpaired) electrons. The van der Waals surface area contributed by atoms with Gasteiger partial charge in [0, 0.05) is 12.4 Å². The van der Waals surface area contributed by atoms with Crippen LogP contribution in [0.15, 0.2) is 65.5 Å². The van der Waals surface area contributed by atoms with Gasteiger partial charge in [-0.3, -0.25) is 14.5 Å². The quantitative estimate of drug-likeness (QED) is 0.518. The fourth-order valence-corrected chi connectivity index (χ4v) is 4.34. The SMILES string of the molecule is Cn1nc(-c2ccc(OCc3ccccc3)[nH]c2=O)c2ccc(C3CCNCC3)cc21. The molecule has 0 saturated carbocycles. The molecular weight excluding hydrogens is 388 g/mol. The molecule has 1 saturated heterocycles. The molecule has 0 atom stereocenters. The molecule has 158 valence electrons. The summed E-state index contributed by atoms with van der Waals surface area (Å²) in [6.45, 7) is 2.53. The fraction of sp³-hybridized carbons (Fsp3) is 0.280. The molecule has 1 aliphatic heterocycles. The number of hydrogen-bond donors (Lipinski definition) is 2. The van der Waals surface area contributed by atoms with E-state index in [0.29, 0.717) is 29.7 Å². The van der Waals surface area contributed by atoms with Crippen LogP contribution in [0.25, 0.3) is 22.2 Å². The molecule has 6 nitrogen and oxygen atoms in total. The predicted octanol–water partition coefficient (Wildman–Crippen LogP) is 3.97. The summed E-state index contributed by atoms with van der Waals surface area (Å²) in [5.41, 5.74) is 4.50. The van der Waals surface area contributed by atoms with E-state index >= 15 is 0 Å². The lowest BCUT2D eigenvalue weighted by Gasteiger charge is -2.23. The van der Waals surface area contributed by atoms with Crippen molar-refractivity contribution in [2.75, 3.05) is 13.1 Å². The number of H-pyrrole nitrogens is 1. The van der Waals surface area contributed by atoms with Gasteiger partial charge < -0.3 is 10.1 Å². The molecule has 0 unspecified atom stereocenters. The number of piperidine rings is 1. The topological polar surface area (TPSA) is 71.9 Å². The summed E-state index contributed by atoms with van der Waals surface area (Å²) in [6, 6.07) is 20.0. The van der Waals surface area contributed by atoms with Crippen LogP contribution in [0, 0.1) is 0 Å². The maximum absolute atomic E-state index is 12.8. The van der Waals surface area contributed by atoms with Gasteiger partial charge in [0.25, 0.3) is 5.56 Å². The third kappa shape index (κ3) is 3.99. The van der Waals surface area contributed by atoms with Gasteiger partial charge in [-0.2, -0.15) is 5.10 Å². The van der Waals surface area contributed by atoms with Crippen molar-refractivity contribution < 1.29 is 4.74 Å². The van der Waals surface area contributed by atoms with Crippen molar-refractivity contribution in [1.29, 1.82) is 0 Å². The fourth-order valence-electron chi connectivity index (χ4n) is 4.34. The average Bonchev–Trinajstić information content (AvgIpc) is 3.14. The van der Waals surface area contributed by atoms with Crippen molar-refractivity contribution in [2.45, 2.75) is 25.4 Å². The number of fused-ring (bicyclic) bond motifs is 1. The van der Waals surface area contributed by atoms with Crippen LogP contribution in [0.1, 0.15) is 29.9 Å². The van der Waals surface area contributed by atoms with E-state index in [1.807, 2.05) is 42.1 Å². The largest absolute Gasteiger partial charge is 0.474 e. The number of aromatic nitrogens is 3. The number of hydrogen-bond acceptors (Lipinski definition) is 4. The summed E-state index contributed by atoms with van der Waals surface area (Å²) in [6.07, 6.45) is 2.31. The Bertz CT molecular complexity index is 1250. The summed E-state index contributed by atoms with van der Waals surface area (Å²) in [7, 11) is 1.93. The third-order valence-electron chi connectivity index (χ3n) is 6.06. The molecule has 3 heterocycles. The summed E-state index contributed by atoms with van der Waals surface area (Å²) in [4.78, 5) is 15.7. The molecule has 31 heavy (non-hydrogen) atoms. The van der Waals surface area contributed by atoms with Crippen molar-refractivity contribution in [1.82, 2.24) is 20.1 Å². The summed E-state index contributed by atoms with van der Waals surface area (Å²) in [5.74, 6) is 1.03. The Balaban J connectivity index is 1.42. The Morgan fingerprint density at radius 1 is 1.06 bits per heavy atom. The highest BCUT2D eigenvalue weighted by Gasteiger charge is 2.19. The van der Waals surface area contributed by atoms with E-state index in [2.05, 4.69) is 33.6 Å². The zero-order valence-corrected chi connectivity index (χ0v) is 17.6. The van der Waals surface area contributed by atoms with Gasteiger partial charge in [0.2, 0.25) is 0 Å². The average molecular weight is 415 g/mol. The molecular formula is C25H26N4O2. The van der Waals surface area contributed by atoms with Gasteiger partial charge in [0.05, 0.1) is 11.1 Å². The van der Waals surface area contributed by atoms with Crippen LogP contribution in [0.3, 0.4) is 0 Å². The van der Waals surface area contributed by atoms with Gasteiger partial charge in [-0.15, -0.1) is 0 Å². The van der Waals surface area contributed by atoms with Gasteiger partial charge in [0.1, 0.15) is 12.3 Å². The molecule has 4 aromatic rings. The number of aryl methyl sites for hydroxylation is 1. The lowest BCUT2D eigenvalue weighted by Crippen LogP contribution is -2.26. The second-order valence-electron chi connectivity index (χ2n) is 8.11. The second-order valence-corrected chi connectivity index (χ2v) is 8.11. The lowest BCUT2D eigenvalue weighted by molar-refractivity contribution is 0.293. The third-order valence-corrected chi connectivity index (χ3v) is 6.06. The van der Waals surface area contributed by atoms with Crippen molar-refractivity contribution >= 4 is 10.9 Å². The van der Waals surface area contributed by atoms with Gasteiger partial charge in [-0.25, -0.2) is 0 Å². The molecule has 6 heteroatoms. The maximum Gasteiger partial charge on any atom is 0.260 e. The Kier molecular flexibility index (Phi) is 5.30. The first-order valence-corrected chi connectivity index (χ1v) is 10.8. The maximum atomic E-state index is 12.8. The number of rotatable bonds is 5. The molecule has 5 rings (SSSR count). The van der Waals surface area contributed by atoms with Gasteiger partial charge in [0.15, 0.2) is 5.88 Å². The summed E-state index contributed by atoms with van der Waals surface area (Å²) >= 11 is 0. The smallest absolute Gasteiger partial charge is 0.260 e. The minimum absolute atomic E-state index is 0.201. The minimum atomic E-state index is -0.201. The van der Waals surface area contributed by atoms with E-state index in [-0.39, 0.29) is 5.56 Å². The second kappa shape index (κ2) is 8.40. The zero-order valence-electron chi connectivity index (χ0n) is 17.6. The van der Waals surface area contributed by atoms with Crippen molar-refractivity contribution in [3.8, 4) is 17.1 Å². The first-order valence-electron chi connectivity index (χ1n) is 10.8. The van der Waals surface area contributed by atoms with Crippen molar-refractivity contribution in [3.63, 3.8) is 0 Å². The van der Waals surface area contributed by atoms with E-state index in [0.717, 1.165) is 42.4 Å². The highest BCUT2D eigenvalue weighted by Crippen LogP contribution is 2.31. The zero-order chi connectivity index (χ0) is 21.2. The Morgan fingerprint density at radius 2 is 1.87 bits per heavy atom. The van der Waals surface area contributed by atoms with Crippen LogP contribution < -0.4 is 15.6 Å². The molecule has 0 aliphatic carbocycles. The summed E-state index contributed by atoms with van der Waals surface area (Å²) < 4.78 is 7.62. The predicted molar refractivity (Wildman–Crippen MR) is 122 cm³/mol. The number of ether oxygens (including phenoxy) is 1. The van der Waals surface area contributed by atoms with E-state index in [9.17, 15) is 4.79 Å². The standard InChI is InChI=1S/C25H26N4O2/c1-29-22-15-19(18-11-13-26-14-12-18)7-8-20(22)24(28-29)21-9-10-23(27-25(21)30)31-16-17-5-3-2-4-6-17/h2-10,15,18,26H,11-14,16H2,1H3,(H,27,30). The van der Waals surface area contributed by atoms with E-state index in [4.69, 9.17) is 4.74 Å². The van der Waals surface area contributed by atoms with Gasteiger partial charge >= 0.3 is 0 Å². The molecule has 0 amide bonds. The number of aromatic amines is 1. The van der Waals surface area contributed by atoms with Crippen LogP contribution in [0.2, 0.25) is 0 Å². The molecule has 2 aromatic heterocycles. The van der Waals surface area contributed by atoms with Crippen LogP contribution in [0.4, 0.5) is 0 Å². The van der Waals surface area contributed by atoms with Gasteiger partial charge in [-0.1, -0.05) is 42.5 Å². The van der Waals surface area contributed by atoms with Crippen LogP contribution in [0.5, 0.6) is 5.88 Å². The highest BCUT2D eigenvalue weighted by molar-refractivity contribution is 5.93. The van der Waals surface area contributed by atoms with Crippen molar-refractivity contribution in [2.24, 2.45) is 7.05 Å². The van der Waals surface area contributed by atoms with Crippen LogP contribution >= 0.6 is 0 Å². The van der Waals surface area contributed by atoms with E-state index in [1.165, 1.54) is 5.56 Å². The molecule has 2 aromatic carbocycles. The normalized spacial score (nSPS) is 14.7. The first kappa shape index (κ1) is 19.6. The molecule has 0 bridgehead atoms. The molecule has 1 aliphatic rings. The van der Waals surface area contributed by atoms with Crippen LogP contribution in [-0.4, -0.2) is 27.9 Å². The van der Waals surface area contributed by atoms with E-state index in [1.54, 1.807) is 12.1 Å². The summed E-state index contributed by atoms with van der Waals surface area (Å²) in [5, 5.41) is 9.08. The number of nitrogens with zero attached hydrogens (tertiary/aromatic N) is 2. The molecule has 1 fully saturated rings. The lowest BCUT2D eigenvalue weighted by atomic mass is 9.89. The Labute approximate surface area is 180 Å². The minimum Gasteiger partial charge on any atom is -0.474 e. The van der Waals surface area contributed by atoms with Crippen LogP contribution in [-0.2, 0) is 13.7 Å². The van der Waals surface area contributed by atoms with Crippen molar-refractivity contribution in [3.05, 3.63) is 82.1 Å². The molecule has 0 spiro atoms. The number of pyridine rings is 1. The highest BCUT2D eigenvalue weighted by atomic mass is 16.5. The molecule has 2 N–H and O–H groups in total. The number of benzene rings is 2. The van der Waals surface area contributed by atoms with Gasteiger partial charge in [-0.05, 0) is 61.2 Å². The monoisotopic (exact) mass is 414 g/mol. The first-order chi connectivity index (χ1) is 15.2.